The number of methoxy groups -OCH3 is 1. The molecule has 0 bridgehead atoms. The molecule has 0 saturated heterocycles. The molecular weight excluding hydrogens is 395 g/mol. The Bertz CT molecular complexity index is 820. The third kappa shape index (κ3) is 6.05. The van der Waals surface area contributed by atoms with Crippen molar-refractivity contribution < 1.29 is 17.9 Å². The summed E-state index contributed by atoms with van der Waals surface area (Å²) in [6, 6.07) is 5.43. The number of alkyl halides is 3. The average molecular weight is 418 g/mol. The van der Waals surface area contributed by atoms with E-state index in [0.29, 0.717) is 36.2 Å². The monoisotopic (exact) mass is 417 g/mol. The summed E-state index contributed by atoms with van der Waals surface area (Å²) in [5.74, 6) is 1.10. The summed E-state index contributed by atoms with van der Waals surface area (Å²) < 4.78 is 45.4. The molecule has 2 N–H and O–H groups in total. The van der Waals surface area contributed by atoms with E-state index in [1.807, 2.05) is 19.1 Å². The Hall–Kier alpha value is -2.42. The standard InChI is InChI=1S/C18H23ClF3N5O/c1-4-23-17(24-8-7-12-5-6-14(28-3)9-15(12)19)25-10-13-11-27(2)26-16(13)18(20,21)22/h5-6,9,11H,4,7-8,10H2,1-3H3,(H2,23,24,25). The highest BCUT2D eigenvalue weighted by molar-refractivity contribution is 6.31. The molecule has 0 radical (unpaired) electrons. The number of ether oxygens (including phenoxy) is 1. The van der Waals surface area contributed by atoms with Crippen molar-refractivity contribution >= 4 is 17.6 Å². The van der Waals surface area contributed by atoms with Gasteiger partial charge in [-0.1, -0.05) is 17.7 Å². The van der Waals surface area contributed by atoms with E-state index < -0.39 is 11.9 Å². The van der Waals surface area contributed by atoms with Gasteiger partial charge in [-0.3, -0.25) is 4.68 Å². The molecule has 1 aromatic heterocycles. The lowest BCUT2D eigenvalue weighted by atomic mass is 10.1. The van der Waals surface area contributed by atoms with Crippen LogP contribution < -0.4 is 15.4 Å². The van der Waals surface area contributed by atoms with E-state index in [-0.39, 0.29) is 12.1 Å². The van der Waals surface area contributed by atoms with Crippen molar-refractivity contribution in [1.82, 2.24) is 20.4 Å². The summed E-state index contributed by atoms with van der Waals surface area (Å²) in [5.41, 5.74) is 0.0300. The number of aliphatic imine (C=N–C) groups is 1. The van der Waals surface area contributed by atoms with Crippen molar-refractivity contribution in [3.63, 3.8) is 0 Å². The molecule has 10 heteroatoms. The van der Waals surface area contributed by atoms with Crippen LogP contribution in [-0.4, -0.2) is 35.9 Å². The van der Waals surface area contributed by atoms with E-state index in [4.69, 9.17) is 16.3 Å². The van der Waals surface area contributed by atoms with E-state index in [2.05, 4.69) is 20.7 Å². The Morgan fingerprint density at radius 2 is 2.04 bits per heavy atom. The number of nitrogens with one attached hydrogen (secondary N) is 2. The molecule has 28 heavy (non-hydrogen) atoms. The second-order valence-electron chi connectivity index (χ2n) is 6.00. The zero-order valence-electron chi connectivity index (χ0n) is 15.9. The minimum Gasteiger partial charge on any atom is -0.497 e. The van der Waals surface area contributed by atoms with Crippen LogP contribution in [0.15, 0.2) is 29.4 Å². The third-order valence-electron chi connectivity index (χ3n) is 3.87. The summed E-state index contributed by atoms with van der Waals surface area (Å²) in [4.78, 5) is 4.24. The molecule has 2 rings (SSSR count). The molecule has 154 valence electrons. The number of benzene rings is 1. The number of halogens is 4. The summed E-state index contributed by atoms with van der Waals surface area (Å²) >= 11 is 6.22. The highest BCUT2D eigenvalue weighted by Crippen LogP contribution is 2.30. The third-order valence-corrected chi connectivity index (χ3v) is 4.22. The summed E-state index contributed by atoms with van der Waals surface area (Å²) in [6.45, 7) is 2.83. The summed E-state index contributed by atoms with van der Waals surface area (Å²) in [5, 5.41) is 10.2. The lowest BCUT2D eigenvalue weighted by Crippen LogP contribution is -2.38. The largest absolute Gasteiger partial charge is 0.497 e. The first-order valence-corrected chi connectivity index (χ1v) is 9.06. The smallest absolute Gasteiger partial charge is 0.435 e. The van der Waals surface area contributed by atoms with Gasteiger partial charge >= 0.3 is 6.18 Å². The van der Waals surface area contributed by atoms with Crippen molar-refractivity contribution in [2.75, 3.05) is 20.2 Å². The number of rotatable bonds is 7. The molecule has 1 aromatic carbocycles. The lowest BCUT2D eigenvalue weighted by Gasteiger charge is -2.12. The normalized spacial score (nSPS) is 12.2. The minimum atomic E-state index is -4.51. The SMILES string of the molecule is CCNC(=NCc1cn(C)nc1C(F)(F)F)NCCc1ccc(OC)cc1Cl. The number of nitrogens with zero attached hydrogens (tertiary/aromatic N) is 3. The second-order valence-corrected chi connectivity index (χ2v) is 6.41. The fourth-order valence-electron chi connectivity index (χ4n) is 2.57. The highest BCUT2D eigenvalue weighted by Gasteiger charge is 2.36. The van der Waals surface area contributed by atoms with Crippen LogP contribution in [-0.2, 0) is 26.2 Å². The van der Waals surface area contributed by atoms with Gasteiger partial charge in [-0.15, -0.1) is 0 Å². The number of aromatic nitrogens is 2. The van der Waals surface area contributed by atoms with Gasteiger partial charge < -0.3 is 15.4 Å². The van der Waals surface area contributed by atoms with Crippen molar-refractivity contribution in [3.05, 3.63) is 46.2 Å². The maximum absolute atomic E-state index is 13.0. The van der Waals surface area contributed by atoms with E-state index >= 15 is 0 Å². The van der Waals surface area contributed by atoms with Crippen LogP contribution in [0, 0.1) is 0 Å². The molecule has 0 aliphatic carbocycles. The zero-order chi connectivity index (χ0) is 20.7. The van der Waals surface area contributed by atoms with Gasteiger partial charge in [0.15, 0.2) is 11.7 Å². The molecule has 6 nitrogen and oxygen atoms in total. The molecule has 0 fully saturated rings. The minimum absolute atomic E-state index is 0.0189. The first-order chi connectivity index (χ1) is 13.2. The first kappa shape index (κ1) is 21.9. The Morgan fingerprint density at radius 3 is 2.64 bits per heavy atom. The van der Waals surface area contributed by atoms with Crippen LogP contribution >= 0.6 is 11.6 Å². The maximum atomic E-state index is 13.0. The Balaban J connectivity index is 2.02. The Kier molecular flexibility index (Phi) is 7.56. The first-order valence-electron chi connectivity index (χ1n) is 8.69. The highest BCUT2D eigenvalue weighted by atomic mass is 35.5. The maximum Gasteiger partial charge on any atom is 0.435 e. The molecule has 1 heterocycles. The van der Waals surface area contributed by atoms with Crippen LogP contribution in [0.5, 0.6) is 5.75 Å². The molecule has 0 aliphatic heterocycles. The van der Waals surface area contributed by atoms with Crippen LogP contribution in [0.2, 0.25) is 5.02 Å². The molecular formula is C18H23ClF3N5O. The summed E-state index contributed by atoms with van der Waals surface area (Å²) in [7, 11) is 3.02. The van der Waals surface area contributed by atoms with Gasteiger partial charge in [0.2, 0.25) is 0 Å². The van der Waals surface area contributed by atoms with Gasteiger partial charge in [0, 0.05) is 36.9 Å². The molecule has 0 unspecified atom stereocenters. The van der Waals surface area contributed by atoms with Gasteiger partial charge in [0.05, 0.1) is 13.7 Å². The predicted octanol–water partition coefficient (Wildman–Crippen LogP) is 3.40. The molecule has 0 atom stereocenters. The molecule has 0 spiro atoms. The number of hydrogen-bond acceptors (Lipinski definition) is 3. The van der Waals surface area contributed by atoms with E-state index in [1.54, 1.807) is 13.2 Å². The number of guanidine groups is 1. The molecule has 0 aliphatic rings. The topological polar surface area (TPSA) is 63.5 Å². The summed E-state index contributed by atoms with van der Waals surface area (Å²) in [6.07, 6.45) is -2.57. The van der Waals surface area contributed by atoms with E-state index in [9.17, 15) is 13.2 Å². The number of hydrogen-bond donors (Lipinski definition) is 2. The van der Waals surface area contributed by atoms with Crippen molar-refractivity contribution in [2.45, 2.75) is 26.1 Å². The van der Waals surface area contributed by atoms with Crippen LogP contribution in [0.3, 0.4) is 0 Å². The van der Waals surface area contributed by atoms with Gasteiger partial charge in [-0.05, 0) is 31.0 Å². The number of aryl methyl sites for hydroxylation is 1. The predicted molar refractivity (Wildman–Crippen MR) is 103 cm³/mol. The Labute approximate surface area is 166 Å². The lowest BCUT2D eigenvalue weighted by molar-refractivity contribution is -0.142. The fraction of sp³-hybridized carbons (Fsp3) is 0.444. The van der Waals surface area contributed by atoms with Crippen molar-refractivity contribution in [2.24, 2.45) is 12.0 Å². The zero-order valence-corrected chi connectivity index (χ0v) is 16.7. The van der Waals surface area contributed by atoms with E-state index in [1.165, 1.54) is 13.2 Å². The van der Waals surface area contributed by atoms with Crippen molar-refractivity contribution in [1.29, 1.82) is 0 Å². The fourth-order valence-corrected chi connectivity index (χ4v) is 2.84. The average Bonchev–Trinajstić information content (AvgIpc) is 3.02. The molecule has 0 amide bonds. The quantitative estimate of drug-likeness (QED) is 0.535. The van der Waals surface area contributed by atoms with Crippen LogP contribution in [0.1, 0.15) is 23.7 Å². The molecule has 2 aromatic rings. The van der Waals surface area contributed by atoms with Gasteiger partial charge in [0.25, 0.3) is 0 Å². The van der Waals surface area contributed by atoms with Gasteiger partial charge in [0.1, 0.15) is 5.75 Å². The molecule has 0 saturated carbocycles. The van der Waals surface area contributed by atoms with Gasteiger partial charge in [-0.25, -0.2) is 4.99 Å². The van der Waals surface area contributed by atoms with Crippen molar-refractivity contribution in [3.8, 4) is 5.75 Å². The van der Waals surface area contributed by atoms with E-state index in [0.717, 1.165) is 10.2 Å². The Morgan fingerprint density at radius 1 is 1.29 bits per heavy atom. The van der Waals surface area contributed by atoms with Gasteiger partial charge in [-0.2, -0.15) is 18.3 Å². The van der Waals surface area contributed by atoms with Crippen LogP contribution in [0.25, 0.3) is 0 Å². The second kappa shape index (κ2) is 9.68. The van der Waals surface area contributed by atoms with Crippen LogP contribution in [0.4, 0.5) is 13.2 Å².